The van der Waals surface area contributed by atoms with Crippen molar-refractivity contribution in [3.8, 4) is 5.75 Å². The fourth-order valence-corrected chi connectivity index (χ4v) is 4.45. The van der Waals surface area contributed by atoms with Crippen LogP contribution in [0.2, 0.25) is 0 Å². The second-order valence-corrected chi connectivity index (χ2v) is 9.04. The van der Waals surface area contributed by atoms with Crippen LogP contribution in [0.3, 0.4) is 0 Å². The first kappa shape index (κ1) is 29.9. The number of carbonyl (C=O) groups is 3. The van der Waals surface area contributed by atoms with E-state index in [0.717, 1.165) is 32.8 Å². The smallest absolute Gasteiger partial charge is 0.492 e. The summed E-state index contributed by atoms with van der Waals surface area (Å²) in [6.45, 7) is 5.72. The predicted octanol–water partition coefficient (Wildman–Crippen LogP) is 2.51. The summed E-state index contributed by atoms with van der Waals surface area (Å²) in [7, 11) is -0.684. The number of methoxy groups -OCH3 is 1. The Balaban J connectivity index is 0.00000205. The number of nitrogens with zero attached hydrogens (tertiary/aromatic N) is 2. The molecule has 2 aliphatic rings. The maximum atomic E-state index is 15.5. The van der Waals surface area contributed by atoms with Gasteiger partial charge in [-0.25, -0.2) is 9.18 Å². The Morgan fingerprint density at radius 3 is 2.21 bits per heavy atom. The van der Waals surface area contributed by atoms with E-state index >= 15 is 4.39 Å². The van der Waals surface area contributed by atoms with Crippen LogP contribution in [0.4, 0.5) is 14.5 Å². The topological polar surface area (TPSA) is 139 Å². The van der Waals surface area contributed by atoms with Gasteiger partial charge in [-0.15, -0.1) is 0 Å². The zero-order valence-corrected chi connectivity index (χ0v) is 22.5. The second-order valence-electron chi connectivity index (χ2n) is 9.04. The van der Waals surface area contributed by atoms with Gasteiger partial charge in [0.25, 0.3) is 11.9 Å². The van der Waals surface area contributed by atoms with Gasteiger partial charge in [0.15, 0.2) is 11.6 Å². The first-order chi connectivity index (χ1) is 18.5. The van der Waals surface area contributed by atoms with E-state index < -0.39 is 60.7 Å². The third kappa shape index (κ3) is 6.32. The van der Waals surface area contributed by atoms with Crippen LogP contribution < -0.4 is 20.8 Å². The van der Waals surface area contributed by atoms with Crippen molar-refractivity contribution in [2.75, 3.05) is 31.8 Å². The van der Waals surface area contributed by atoms with Gasteiger partial charge in [-0.3, -0.25) is 18.8 Å². The Kier molecular flexibility index (Phi) is 9.54. The van der Waals surface area contributed by atoms with Crippen molar-refractivity contribution in [2.24, 2.45) is 11.7 Å². The molecule has 0 radical (unpaired) electrons. The molecule has 0 amide bonds. The molecule has 1 aromatic heterocycles. The lowest BCUT2D eigenvalue weighted by Crippen LogP contribution is -2.35. The lowest BCUT2D eigenvalue weighted by atomic mass is 10.1. The molecule has 2 fully saturated rings. The van der Waals surface area contributed by atoms with E-state index in [2.05, 4.69) is 9.31 Å². The summed E-state index contributed by atoms with van der Waals surface area (Å²) in [5.74, 6) is -4.27. The van der Waals surface area contributed by atoms with Crippen LogP contribution in [0.15, 0.2) is 17.1 Å². The molecule has 4 rings (SSSR count). The van der Waals surface area contributed by atoms with Gasteiger partial charge in [0.1, 0.15) is 11.3 Å². The molecule has 2 atom stereocenters. The van der Waals surface area contributed by atoms with Crippen LogP contribution in [-0.4, -0.2) is 62.7 Å². The molecule has 1 aliphatic carbocycles. The van der Waals surface area contributed by atoms with E-state index in [4.69, 9.17) is 15.1 Å². The van der Waals surface area contributed by atoms with Crippen LogP contribution in [0, 0.1) is 11.7 Å². The third-order valence-corrected chi connectivity index (χ3v) is 6.30. The highest BCUT2D eigenvalue weighted by molar-refractivity contribution is 6.44. The molecule has 2 aromatic rings. The van der Waals surface area contributed by atoms with Crippen LogP contribution in [-0.2, 0) is 23.6 Å². The molecule has 1 aromatic carbocycles. The van der Waals surface area contributed by atoms with E-state index in [-0.39, 0.29) is 41.5 Å². The van der Waals surface area contributed by atoms with Crippen molar-refractivity contribution in [1.29, 1.82) is 0 Å². The fourth-order valence-electron chi connectivity index (χ4n) is 4.45. The number of carbonyl (C=O) groups excluding carboxylic acids is 3. The monoisotopic (exact) mass is 551 g/mol. The van der Waals surface area contributed by atoms with Crippen molar-refractivity contribution in [2.45, 2.75) is 52.6 Å². The van der Waals surface area contributed by atoms with E-state index in [1.165, 1.54) is 13.3 Å². The van der Waals surface area contributed by atoms with Gasteiger partial charge in [-0.2, -0.15) is 0 Å². The lowest BCUT2D eigenvalue weighted by Gasteiger charge is -2.24. The Morgan fingerprint density at radius 1 is 1.10 bits per heavy atom. The highest BCUT2D eigenvalue weighted by atomic mass is 19.1. The van der Waals surface area contributed by atoms with E-state index in [0.29, 0.717) is 0 Å². The average Bonchev–Trinajstić information content (AvgIpc) is 3.65. The standard InChI is InChI=1S/C23H26BF2N3O8.C2H6/c1-11(30)35-24(36-12(2)31)37-23(33)16-9-29(14-4-5-14)19-15(21(16)32)6-17(26)20(22(19)34-3)28-8-13(7-25)18(27)10-28;1-2/h6,9,13-14,18H,4-5,7-8,10,27H2,1-3H3;1-2H3. The minimum atomic E-state index is -2.01. The quantitative estimate of drug-likeness (QED) is 0.487. The normalized spacial score (nSPS) is 18.2. The van der Waals surface area contributed by atoms with Crippen molar-refractivity contribution in [3.63, 3.8) is 0 Å². The Hall–Kier alpha value is -3.68. The van der Waals surface area contributed by atoms with Gasteiger partial charge in [0.05, 0.1) is 24.7 Å². The van der Waals surface area contributed by atoms with Gasteiger partial charge in [0.2, 0.25) is 5.43 Å². The summed E-state index contributed by atoms with van der Waals surface area (Å²) < 4.78 is 50.4. The summed E-state index contributed by atoms with van der Waals surface area (Å²) in [5.41, 5.74) is 4.98. The number of hydrogen-bond donors (Lipinski definition) is 1. The summed E-state index contributed by atoms with van der Waals surface area (Å²) in [6.07, 6.45) is 2.71. The number of rotatable bonds is 8. The molecule has 14 heteroatoms. The summed E-state index contributed by atoms with van der Waals surface area (Å²) in [5, 5.41) is -0.151. The first-order valence-corrected chi connectivity index (χ1v) is 12.6. The van der Waals surface area contributed by atoms with Crippen molar-refractivity contribution in [3.05, 3.63) is 33.9 Å². The van der Waals surface area contributed by atoms with E-state index in [9.17, 15) is 23.6 Å². The highest BCUT2D eigenvalue weighted by Gasteiger charge is 2.38. The molecule has 0 bridgehead atoms. The number of pyridine rings is 1. The fraction of sp³-hybridized carbons (Fsp3) is 0.520. The molecule has 1 saturated carbocycles. The predicted molar refractivity (Wildman–Crippen MR) is 139 cm³/mol. The van der Waals surface area contributed by atoms with Crippen LogP contribution >= 0.6 is 0 Å². The largest absolute Gasteiger partial charge is 0.870 e. The molecule has 1 saturated heterocycles. The van der Waals surface area contributed by atoms with Gasteiger partial charge >= 0.3 is 13.3 Å². The molecule has 2 unspecified atom stereocenters. The number of nitrogens with two attached hydrogens (primary N) is 1. The molecular weight excluding hydrogens is 519 g/mol. The minimum absolute atomic E-state index is 0.0512. The van der Waals surface area contributed by atoms with Crippen LogP contribution in [0.5, 0.6) is 5.75 Å². The maximum Gasteiger partial charge on any atom is 0.870 e. The lowest BCUT2D eigenvalue weighted by molar-refractivity contribution is -0.139. The van der Waals surface area contributed by atoms with Gasteiger partial charge in [-0.1, -0.05) is 13.8 Å². The molecule has 39 heavy (non-hydrogen) atoms. The number of hydrogen-bond acceptors (Lipinski definition) is 10. The zero-order valence-electron chi connectivity index (χ0n) is 22.5. The minimum Gasteiger partial charge on any atom is -0.492 e. The SMILES string of the molecule is CC.COc1c(N2CC(N)C(CF)C2)c(F)cc2c(=O)c(C(=O)OB(OC(C)=O)OC(C)=O)cn(C3CC3)c12. The van der Waals surface area contributed by atoms with Gasteiger partial charge in [0, 0.05) is 51.1 Å². The number of ether oxygens (including phenoxy) is 1. The molecule has 1 aliphatic heterocycles. The summed E-state index contributed by atoms with van der Waals surface area (Å²) in [6, 6.07) is 0.378. The Bertz CT molecular complexity index is 1300. The van der Waals surface area contributed by atoms with E-state index in [1.807, 2.05) is 13.8 Å². The van der Waals surface area contributed by atoms with Crippen molar-refractivity contribution >= 4 is 41.8 Å². The third-order valence-electron chi connectivity index (χ3n) is 6.30. The molecule has 0 spiro atoms. The van der Waals surface area contributed by atoms with Crippen LogP contribution in [0.1, 0.15) is 56.9 Å². The van der Waals surface area contributed by atoms with Gasteiger partial charge < -0.3 is 33.9 Å². The van der Waals surface area contributed by atoms with Crippen LogP contribution in [0.25, 0.3) is 10.9 Å². The molecular formula is C25H32BF2N3O8. The highest BCUT2D eigenvalue weighted by Crippen LogP contribution is 2.44. The van der Waals surface area contributed by atoms with Crippen molar-refractivity contribution < 1.29 is 41.9 Å². The molecule has 2 N–H and O–H groups in total. The number of anilines is 1. The maximum absolute atomic E-state index is 15.5. The number of alkyl halides is 1. The van der Waals surface area contributed by atoms with Gasteiger partial charge in [-0.05, 0) is 18.9 Å². The summed E-state index contributed by atoms with van der Waals surface area (Å²) in [4.78, 5) is 50.4. The summed E-state index contributed by atoms with van der Waals surface area (Å²) >= 11 is 0. The number of fused-ring (bicyclic) bond motifs is 1. The number of halogens is 2. The number of aromatic nitrogens is 1. The zero-order chi connectivity index (χ0) is 29.0. The second kappa shape index (κ2) is 12.5. The molecule has 11 nitrogen and oxygen atoms in total. The molecule has 212 valence electrons. The van der Waals surface area contributed by atoms with Crippen molar-refractivity contribution in [1.82, 2.24) is 4.57 Å². The Morgan fingerprint density at radius 2 is 1.72 bits per heavy atom. The molecule has 2 heterocycles. The number of benzene rings is 1. The van der Waals surface area contributed by atoms with E-state index in [1.54, 1.807) is 9.47 Å². The first-order valence-electron chi connectivity index (χ1n) is 12.6. The average molecular weight is 551 g/mol. The Labute approximate surface area is 224 Å².